The monoisotopic (exact) mass is 352 g/mol. The van der Waals surface area contributed by atoms with Crippen molar-refractivity contribution in [3.05, 3.63) is 48.0 Å². The third-order valence-corrected chi connectivity index (χ3v) is 4.89. The average molecular weight is 352 g/mol. The number of benzene rings is 3. The van der Waals surface area contributed by atoms with Gasteiger partial charge in [0.05, 0.1) is 19.3 Å². The molecular formula is C22H24O4. The Labute approximate surface area is 153 Å². The summed E-state index contributed by atoms with van der Waals surface area (Å²) in [5.74, 6) is 1.11. The Morgan fingerprint density at radius 1 is 1.12 bits per heavy atom. The van der Waals surface area contributed by atoms with Gasteiger partial charge in [0.1, 0.15) is 24.2 Å². The normalized spacial score (nSPS) is 17.5. The highest BCUT2D eigenvalue weighted by molar-refractivity contribution is 6.10. The van der Waals surface area contributed by atoms with Crippen molar-refractivity contribution < 1.29 is 19.3 Å². The SMILES string of the molecule is CCC(COc1c2ccccc2c(O)c2cc(C)ccc12)OCC1CO1. The molecule has 4 heteroatoms. The van der Waals surface area contributed by atoms with Gasteiger partial charge in [0.2, 0.25) is 0 Å². The van der Waals surface area contributed by atoms with Gasteiger partial charge in [-0.3, -0.25) is 0 Å². The number of fused-ring (bicyclic) bond motifs is 2. The first-order valence-corrected chi connectivity index (χ1v) is 9.17. The molecule has 3 aromatic rings. The summed E-state index contributed by atoms with van der Waals surface area (Å²) in [6.45, 7) is 6.01. The van der Waals surface area contributed by atoms with Crippen LogP contribution in [0.25, 0.3) is 21.5 Å². The average Bonchev–Trinajstić information content (AvgIpc) is 3.49. The number of aromatic hydroxyl groups is 1. The van der Waals surface area contributed by atoms with Crippen molar-refractivity contribution in [1.29, 1.82) is 0 Å². The number of phenols is 1. The van der Waals surface area contributed by atoms with Crippen molar-refractivity contribution in [2.24, 2.45) is 0 Å². The van der Waals surface area contributed by atoms with E-state index in [9.17, 15) is 5.11 Å². The van der Waals surface area contributed by atoms with Crippen LogP contribution in [0.15, 0.2) is 42.5 Å². The first kappa shape index (κ1) is 17.1. The molecule has 0 bridgehead atoms. The van der Waals surface area contributed by atoms with Crippen LogP contribution in [0.4, 0.5) is 0 Å². The molecule has 2 unspecified atom stereocenters. The molecule has 0 aliphatic carbocycles. The summed E-state index contributed by atoms with van der Waals surface area (Å²) in [7, 11) is 0. The van der Waals surface area contributed by atoms with Gasteiger partial charge in [0.25, 0.3) is 0 Å². The Kier molecular flexibility index (Phi) is 4.70. The van der Waals surface area contributed by atoms with Gasteiger partial charge in [0.15, 0.2) is 0 Å². The number of aryl methyl sites for hydroxylation is 1. The van der Waals surface area contributed by atoms with Gasteiger partial charge < -0.3 is 19.3 Å². The molecule has 3 aromatic carbocycles. The molecule has 1 fully saturated rings. The second-order valence-corrected chi connectivity index (χ2v) is 6.90. The molecule has 0 spiro atoms. The second-order valence-electron chi connectivity index (χ2n) is 6.90. The number of epoxide rings is 1. The number of rotatable bonds is 7. The Bertz CT molecular complexity index is 930. The van der Waals surface area contributed by atoms with E-state index in [1.165, 1.54) is 0 Å². The van der Waals surface area contributed by atoms with Gasteiger partial charge >= 0.3 is 0 Å². The lowest BCUT2D eigenvalue weighted by Crippen LogP contribution is -2.23. The fraction of sp³-hybridized carbons (Fsp3) is 0.364. The van der Waals surface area contributed by atoms with Crippen LogP contribution < -0.4 is 4.74 Å². The smallest absolute Gasteiger partial charge is 0.135 e. The van der Waals surface area contributed by atoms with Crippen LogP contribution in [0.1, 0.15) is 18.9 Å². The molecule has 4 nitrogen and oxygen atoms in total. The molecular weight excluding hydrogens is 328 g/mol. The molecule has 0 radical (unpaired) electrons. The molecule has 136 valence electrons. The largest absolute Gasteiger partial charge is 0.507 e. The first-order chi connectivity index (χ1) is 12.7. The maximum atomic E-state index is 10.7. The van der Waals surface area contributed by atoms with E-state index in [0.29, 0.717) is 19.0 Å². The van der Waals surface area contributed by atoms with Crippen LogP contribution >= 0.6 is 0 Å². The fourth-order valence-electron chi connectivity index (χ4n) is 3.25. The van der Waals surface area contributed by atoms with E-state index in [-0.39, 0.29) is 12.2 Å². The number of hydrogen-bond donors (Lipinski definition) is 1. The molecule has 1 heterocycles. The minimum Gasteiger partial charge on any atom is -0.507 e. The predicted octanol–water partition coefficient (Wildman–Crippen LogP) is 4.58. The topological polar surface area (TPSA) is 51.2 Å². The Hall–Kier alpha value is -2.30. The van der Waals surface area contributed by atoms with Crippen molar-refractivity contribution in [3.63, 3.8) is 0 Å². The van der Waals surface area contributed by atoms with E-state index in [2.05, 4.69) is 6.92 Å². The van der Waals surface area contributed by atoms with Crippen molar-refractivity contribution in [2.75, 3.05) is 19.8 Å². The van der Waals surface area contributed by atoms with E-state index in [1.807, 2.05) is 49.4 Å². The molecule has 0 amide bonds. The molecule has 26 heavy (non-hydrogen) atoms. The number of phenolic OH excluding ortho intramolecular Hbond substituents is 1. The van der Waals surface area contributed by atoms with Gasteiger partial charge in [-0.2, -0.15) is 0 Å². The summed E-state index contributed by atoms with van der Waals surface area (Å²) < 4.78 is 17.4. The molecule has 1 aliphatic rings. The molecule has 2 atom stereocenters. The molecule has 0 saturated carbocycles. The third-order valence-electron chi connectivity index (χ3n) is 4.89. The lowest BCUT2D eigenvalue weighted by Gasteiger charge is -2.19. The zero-order valence-electron chi connectivity index (χ0n) is 15.2. The van der Waals surface area contributed by atoms with E-state index < -0.39 is 0 Å². The lowest BCUT2D eigenvalue weighted by molar-refractivity contribution is 0.0114. The van der Waals surface area contributed by atoms with E-state index in [0.717, 1.165) is 45.9 Å². The Balaban J connectivity index is 1.70. The van der Waals surface area contributed by atoms with Crippen LogP contribution in [0.5, 0.6) is 11.5 Å². The highest BCUT2D eigenvalue weighted by Gasteiger charge is 2.24. The third kappa shape index (κ3) is 3.35. The molecule has 1 saturated heterocycles. The molecule has 1 N–H and O–H groups in total. The maximum Gasteiger partial charge on any atom is 0.135 e. The zero-order chi connectivity index (χ0) is 18.1. The van der Waals surface area contributed by atoms with Crippen molar-refractivity contribution >= 4 is 21.5 Å². The Morgan fingerprint density at radius 3 is 2.58 bits per heavy atom. The van der Waals surface area contributed by atoms with Gasteiger partial charge in [-0.1, -0.05) is 48.9 Å². The summed E-state index contributed by atoms with van der Waals surface area (Å²) in [4.78, 5) is 0. The van der Waals surface area contributed by atoms with E-state index >= 15 is 0 Å². The second kappa shape index (κ2) is 7.14. The molecule has 0 aromatic heterocycles. The minimum absolute atomic E-state index is 0.0206. The van der Waals surface area contributed by atoms with Crippen LogP contribution in [-0.2, 0) is 9.47 Å². The summed E-state index contributed by atoms with van der Waals surface area (Å²) in [5.41, 5.74) is 1.10. The maximum absolute atomic E-state index is 10.7. The minimum atomic E-state index is 0.0206. The van der Waals surface area contributed by atoms with Gasteiger partial charge in [-0.15, -0.1) is 0 Å². The summed E-state index contributed by atoms with van der Waals surface area (Å²) >= 11 is 0. The number of hydrogen-bond acceptors (Lipinski definition) is 4. The Morgan fingerprint density at radius 2 is 1.85 bits per heavy atom. The van der Waals surface area contributed by atoms with E-state index in [4.69, 9.17) is 14.2 Å². The first-order valence-electron chi connectivity index (χ1n) is 9.17. The summed E-state index contributed by atoms with van der Waals surface area (Å²) in [6.07, 6.45) is 1.15. The fourth-order valence-corrected chi connectivity index (χ4v) is 3.25. The summed E-state index contributed by atoms with van der Waals surface area (Å²) in [6, 6.07) is 13.9. The number of ether oxygens (including phenoxy) is 3. The van der Waals surface area contributed by atoms with Crippen LogP contribution in [0, 0.1) is 6.92 Å². The van der Waals surface area contributed by atoms with E-state index in [1.54, 1.807) is 0 Å². The predicted molar refractivity (Wildman–Crippen MR) is 103 cm³/mol. The van der Waals surface area contributed by atoms with Gasteiger partial charge in [-0.25, -0.2) is 0 Å². The van der Waals surface area contributed by atoms with Gasteiger partial charge in [0, 0.05) is 21.5 Å². The van der Waals surface area contributed by atoms with Crippen LogP contribution in [-0.4, -0.2) is 37.1 Å². The highest BCUT2D eigenvalue weighted by Crippen LogP contribution is 2.42. The van der Waals surface area contributed by atoms with Crippen LogP contribution in [0.2, 0.25) is 0 Å². The van der Waals surface area contributed by atoms with Crippen LogP contribution in [0.3, 0.4) is 0 Å². The lowest BCUT2D eigenvalue weighted by atomic mass is 9.99. The highest BCUT2D eigenvalue weighted by atomic mass is 16.6. The van der Waals surface area contributed by atoms with Crippen molar-refractivity contribution in [1.82, 2.24) is 0 Å². The standard InChI is InChI=1S/C22H24O4/c1-3-15(24-12-16-13-25-16)11-26-22-18-7-5-4-6-17(18)21(23)20-10-14(2)8-9-19(20)22/h4-10,15-16,23H,3,11-13H2,1-2H3. The molecule has 1 aliphatic heterocycles. The van der Waals surface area contributed by atoms with Crippen molar-refractivity contribution in [2.45, 2.75) is 32.5 Å². The summed E-state index contributed by atoms with van der Waals surface area (Å²) in [5, 5.41) is 14.2. The molecule has 4 rings (SSSR count). The van der Waals surface area contributed by atoms with Gasteiger partial charge in [-0.05, 0) is 19.4 Å². The quantitative estimate of drug-likeness (QED) is 0.499. The van der Waals surface area contributed by atoms with Crippen molar-refractivity contribution in [3.8, 4) is 11.5 Å². The zero-order valence-corrected chi connectivity index (χ0v) is 15.2.